The van der Waals surface area contributed by atoms with Crippen LogP contribution in [0.5, 0.6) is 11.5 Å². The molecule has 0 aliphatic carbocycles. The predicted octanol–water partition coefficient (Wildman–Crippen LogP) is 3.24. The number of benzene rings is 2. The van der Waals surface area contributed by atoms with Gasteiger partial charge in [0.1, 0.15) is 17.5 Å². The van der Waals surface area contributed by atoms with Crippen LogP contribution >= 0.6 is 0 Å². The number of amides is 1. The van der Waals surface area contributed by atoms with Gasteiger partial charge in [0.25, 0.3) is 5.91 Å². The lowest BCUT2D eigenvalue weighted by atomic mass is 10.2. The lowest BCUT2D eigenvalue weighted by Crippen LogP contribution is -2.26. The number of hydrogen-bond acceptors (Lipinski definition) is 6. The quantitative estimate of drug-likeness (QED) is 0.732. The molecule has 7 heteroatoms. The van der Waals surface area contributed by atoms with Gasteiger partial charge in [-0.25, -0.2) is 0 Å². The number of carbonyl (C=O) groups is 1. The molecule has 7 nitrogen and oxygen atoms in total. The number of nitrogens with zero attached hydrogens (tertiary/aromatic N) is 2. The maximum absolute atomic E-state index is 12.3. The molecule has 1 N–H and O–H groups in total. The summed E-state index contributed by atoms with van der Waals surface area (Å²) < 4.78 is 15.7. The van der Waals surface area contributed by atoms with Gasteiger partial charge in [-0.2, -0.15) is 4.98 Å². The monoisotopic (exact) mass is 353 g/mol. The minimum absolute atomic E-state index is 0.239. The Labute approximate surface area is 150 Å². The summed E-state index contributed by atoms with van der Waals surface area (Å²) in [4.78, 5) is 16.7. The summed E-state index contributed by atoms with van der Waals surface area (Å²) in [6, 6.07) is 13.8. The Morgan fingerprint density at radius 1 is 1.08 bits per heavy atom. The second-order valence-corrected chi connectivity index (χ2v) is 5.58. The minimum atomic E-state index is -0.444. The summed E-state index contributed by atoms with van der Waals surface area (Å²) >= 11 is 0. The molecule has 0 bridgehead atoms. The van der Waals surface area contributed by atoms with Gasteiger partial charge in [0, 0.05) is 5.56 Å². The zero-order chi connectivity index (χ0) is 18.5. The molecule has 26 heavy (non-hydrogen) atoms. The number of rotatable bonds is 6. The van der Waals surface area contributed by atoms with E-state index in [1.54, 1.807) is 45.4 Å². The van der Waals surface area contributed by atoms with Gasteiger partial charge < -0.3 is 19.3 Å². The Balaban J connectivity index is 1.73. The third-order valence-electron chi connectivity index (χ3n) is 3.86. The molecule has 1 heterocycles. The van der Waals surface area contributed by atoms with Crippen molar-refractivity contribution in [2.24, 2.45) is 0 Å². The highest BCUT2D eigenvalue weighted by molar-refractivity contribution is 5.94. The zero-order valence-electron chi connectivity index (χ0n) is 14.7. The van der Waals surface area contributed by atoms with Crippen molar-refractivity contribution in [3.63, 3.8) is 0 Å². The average Bonchev–Trinajstić information content (AvgIpc) is 3.18. The van der Waals surface area contributed by atoms with Crippen molar-refractivity contribution in [1.82, 2.24) is 15.5 Å². The average molecular weight is 353 g/mol. The van der Waals surface area contributed by atoms with E-state index in [1.165, 1.54) is 0 Å². The summed E-state index contributed by atoms with van der Waals surface area (Å²) in [5.41, 5.74) is 1.24. The summed E-state index contributed by atoms with van der Waals surface area (Å²) in [6.45, 7) is 1.78. The van der Waals surface area contributed by atoms with Gasteiger partial charge in [-0.15, -0.1) is 0 Å². The number of para-hydroxylation sites is 1. The van der Waals surface area contributed by atoms with Crippen LogP contribution in [0.25, 0.3) is 11.4 Å². The molecule has 1 atom stereocenters. The second-order valence-electron chi connectivity index (χ2n) is 5.58. The highest BCUT2D eigenvalue weighted by Gasteiger charge is 2.19. The fraction of sp³-hybridized carbons (Fsp3) is 0.211. The van der Waals surface area contributed by atoms with Crippen LogP contribution in [0.3, 0.4) is 0 Å². The van der Waals surface area contributed by atoms with E-state index in [0.717, 1.165) is 5.56 Å². The molecular weight excluding hydrogens is 334 g/mol. The van der Waals surface area contributed by atoms with Crippen molar-refractivity contribution in [2.75, 3.05) is 14.2 Å². The standard InChI is InChI=1S/C19H19N3O4/c1-12(20-18(23)13-8-10-14(24-2)11-9-13)19-21-17(22-26-19)15-6-4-5-7-16(15)25-3/h4-12H,1-3H3,(H,20,23). The lowest BCUT2D eigenvalue weighted by Gasteiger charge is -2.10. The fourth-order valence-corrected chi connectivity index (χ4v) is 2.43. The van der Waals surface area contributed by atoms with Gasteiger partial charge in [-0.1, -0.05) is 17.3 Å². The van der Waals surface area contributed by atoms with Crippen molar-refractivity contribution >= 4 is 5.91 Å². The van der Waals surface area contributed by atoms with Gasteiger partial charge >= 0.3 is 0 Å². The number of carbonyl (C=O) groups excluding carboxylic acids is 1. The number of methoxy groups -OCH3 is 2. The van der Waals surface area contributed by atoms with Gasteiger partial charge in [0.15, 0.2) is 0 Å². The van der Waals surface area contributed by atoms with E-state index >= 15 is 0 Å². The number of ether oxygens (including phenoxy) is 2. The molecule has 0 aliphatic rings. The summed E-state index contributed by atoms with van der Waals surface area (Å²) in [6.07, 6.45) is 0. The largest absolute Gasteiger partial charge is 0.497 e. The molecule has 0 aliphatic heterocycles. The lowest BCUT2D eigenvalue weighted by molar-refractivity contribution is 0.0932. The van der Waals surface area contributed by atoms with Gasteiger partial charge in [0.05, 0.1) is 19.8 Å². The molecule has 0 spiro atoms. The van der Waals surface area contributed by atoms with Crippen LogP contribution in [0, 0.1) is 0 Å². The van der Waals surface area contributed by atoms with Crippen molar-refractivity contribution < 1.29 is 18.8 Å². The Bertz CT molecular complexity index is 890. The minimum Gasteiger partial charge on any atom is -0.497 e. The highest BCUT2D eigenvalue weighted by atomic mass is 16.5. The molecule has 1 unspecified atom stereocenters. The summed E-state index contributed by atoms with van der Waals surface area (Å²) in [5, 5.41) is 6.82. The van der Waals surface area contributed by atoms with E-state index in [-0.39, 0.29) is 5.91 Å². The molecule has 0 fully saturated rings. The van der Waals surface area contributed by atoms with Crippen LogP contribution in [0.1, 0.15) is 29.2 Å². The van der Waals surface area contributed by atoms with E-state index in [4.69, 9.17) is 14.0 Å². The van der Waals surface area contributed by atoms with E-state index in [9.17, 15) is 4.79 Å². The van der Waals surface area contributed by atoms with Crippen molar-refractivity contribution in [3.05, 3.63) is 60.0 Å². The highest BCUT2D eigenvalue weighted by Crippen LogP contribution is 2.28. The predicted molar refractivity (Wildman–Crippen MR) is 95.2 cm³/mol. The van der Waals surface area contributed by atoms with Gasteiger partial charge in [-0.3, -0.25) is 4.79 Å². The first-order valence-corrected chi connectivity index (χ1v) is 8.04. The Morgan fingerprint density at radius 2 is 1.81 bits per heavy atom. The van der Waals surface area contributed by atoms with Crippen molar-refractivity contribution in [2.45, 2.75) is 13.0 Å². The third kappa shape index (κ3) is 3.66. The van der Waals surface area contributed by atoms with E-state index in [1.807, 2.05) is 24.3 Å². The van der Waals surface area contributed by atoms with Crippen LogP contribution in [0.15, 0.2) is 53.1 Å². The molecule has 0 radical (unpaired) electrons. The van der Waals surface area contributed by atoms with Crippen LogP contribution < -0.4 is 14.8 Å². The first kappa shape index (κ1) is 17.5. The van der Waals surface area contributed by atoms with E-state index in [0.29, 0.717) is 28.8 Å². The molecule has 0 saturated heterocycles. The van der Waals surface area contributed by atoms with E-state index < -0.39 is 6.04 Å². The molecule has 3 aromatic rings. The number of hydrogen-bond donors (Lipinski definition) is 1. The maximum Gasteiger partial charge on any atom is 0.251 e. The molecule has 3 rings (SSSR count). The first-order valence-electron chi connectivity index (χ1n) is 8.04. The normalized spacial score (nSPS) is 11.7. The fourth-order valence-electron chi connectivity index (χ4n) is 2.43. The van der Waals surface area contributed by atoms with Gasteiger partial charge in [-0.05, 0) is 43.3 Å². The first-order chi connectivity index (χ1) is 12.6. The maximum atomic E-state index is 12.3. The van der Waals surface area contributed by atoms with Crippen LogP contribution in [-0.4, -0.2) is 30.3 Å². The summed E-state index contributed by atoms with van der Waals surface area (Å²) in [7, 11) is 3.16. The molecular formula is C19H19N3O4. The molecule has 0 saturated carbocycles. The number of aromatic nitrogens is 2. The SMILES string of the molecule is COc1ccc(C(=O)NC(C)c2nc(-c3ccccc3OC)no2)cc1. The Morgan fingerprint density at radius 3 is 2.50 bits per heavy atom. The molecule has 1 amide bonds. The van der Waals surface area contributed by atoms with E-state index in [2.05, 4.69) is 15.5 Å². The number of nitrogens with one attached hydrogen (secondary N) is 1. The molecule has 1 aromatic heterocycles. The Kier molecular flexibility index (Phi) is 5.17. The van der Waals surface area contributed by atoms with Crippen LogP contribution in [-0.2, 0) is 0 Å². The topological polar surface area (TPSA) is 86.5 Å². The molecule has 134 valence electrons. The van der Waals surface area contributed by atoms with Gasteiger partial charge in [0.2, 0.25) is 11.7 Å². The van der Waals surface area contributed by atoms with Crippen molar-refractivity contribution in [3.8, 4) is 22.9 Å². The van der Waals surface area contributed by atoms with Crippen molar-refractivity contribution in [1.29, 1.82) is 0 Å². The molecule has 2 aromatic carbocycles. The van der Waals surface area contributed by atoms with Crippen LogP contribution in [0.2, 0.25) is 0 Å². The third-order valence-corrected chi connectivity index (χ3v) is 3.86. The second kappa shape index (κ2) is 7.69. The zero-order valence-corrected chi connectivity index (χ0v) is 14.7. The Hall–Kier alpha value is -3.35. The summed E-state index contributed by atoms with van der Waals surface area (Å²) in [5.74, 6) is 1.82. The van der Waals surface area contributed by atoms with Crippen LogP contribution in [0.4, 0.5) is 0 Å². The smallest absolute Gasteiger partial charge is 0.251 e.